The van der Waals surface area contributed by atoms with E-state index in [1.54, 1.807) is 18.5 Å². The highest BCUT2D eigenvalue weighted by Crippen LogP contribution is 2.30. The number of benzene rings is 2. The van der Waals surface area contributed by atoms with E-state index in [0.29, 0.717) is 11.9 Å². The van der Waals surface area contributed by atoms with E-state index in [1.165, 1.54) is 6.20 Å². The summed E-state index contributed by atoms with van der Waals surface area (Å²) in [5, 5.41) is 0.835. The van der Waals surface area contributed by atoms with Crippen molar-refractivity contribution >= 4 is 22.1 Å². The first-order valence-corrected chi connectivity index (χ1v) is 8.59. The van der Waals surface area contributed by atoms with Crippen molar-refractivity contribution in [2.24, 2.45) is 0 Å². The van der Waals surface area contributed by atoms with Crippen LogP contribution >= 0.6 is 0 Å². The summed E-state index contributed by atoms with van der Waals surface area (Å²) in [5.41, 5.74) is 3.67. The number of aryl methyl sites for hydroxylation is 1. The topological polar surface area (TPSA) is 29.0 Å². The van der Waals surface area contributed by atoms with E-state index in [0.717, 1.165) is 28.7 Å². The summed E-state index contributed by atoms with van der Waals surface area (Å²) < 4.78 is 27.8. The van der Waals surface area contributed by atoms with Crippen molar-refractivity contribution in [2.45, 2.75) is 13.5 Å². The first-order valence-electron chi connectivity index (χ1n) is 8.59. The molecule has 0 fully saturated rings. The number of aromatic nitrogens is 2. The number of hydrogen-bond donors (Lipinski definition) is 0. The van der Waals surface area contributed by atoms with Crippen molar-refractivity contribution < 1.29 is 8.78 Å². The van der Waals surface area contributed by atoms with E-state index in [4.69, 9.17) is 0 Å². The molecule has 27 heavy (non-hydrogen) atoms. The molecule has 0 amide bonds. The number of nitrogens with zero attached hydrogens (tertiary/aromatic N) is 3. The molecule has 2 aromatic carbocycles. The Morgan fingerprint density at radius 2 is 1.70 bits per heavy atom. The van der Waals surface area contributed by atoms with Crippen molar-refractivity contribution in [1.82, 2.24) is 9.97 Å². The zero-order valence-corrected chi connectivity index (χ0v) is 14.7. The molecular formula is C22H17F2N3. The normalized spacial score (nSPS) is 10.9. The fourth-order valence-corrected chi connectivity index (χ4v) is 3.18. The molecule has 0 spiro atoms. The van der Waals surface area contributed by atoms with Crippen LogP contribution in [0.5, 0.6) is 0 Å². The van der Waals surface area contributed by atoms with Gasteiger partial charge in [0.1, 0.15) is 0 Å². The van der Waals surface area contributed by atoms with E-state index in [2.05, 4.69) is 14.9 Å². The predicted octanol–water partition coefficient (Wildman–Crippen LogP) is 5.55. The maximum absolute atomic E-state index is 14.2. The molecule has 0 saturated heterocycles. The molecule has 0 aliphatic heterocycles. The largest absolute Gasteiger partial charge is 0.337 e. The molecule has 3 nitrogen and oxygen atoms in total. The highest BCUT2D eigenvalue weighted by atomic mass is 19.2. The molecule has 4 aromatic rings. The van der Waals surface area contributed by atoms with E-state index >= 15 is 0 Å². The number of hydrogen-bond acceptors (Lipinski definition) is 3. The van der Waals surface area contributed by atoms with Crippen LogP contribution in [0, 0.1) is 18.6 Å². The van der Waals surface area contributed by atoms with Crippen LogP contribution in [0.3, 0.4) is 0 Å². The zero-order chi connectivity index (χ0) is 18.8. The quantitative estimate of drug-likeness (QED) is 0.477. The standard InChI is InChI=1S/C22H17F2N3/c1-15-11-18(9-10-26-15)27(17-5-3-2-4-6-17)14-16-12-25-13-20-19(16)7-8-21(23)22(20)24/h2-13H,14H2,1H3. The van der Waals surface area contributed by atoms with Crippen molar-refractivity contribution in [1.29, 1.82) is 0 Å². The Hall–Kier alpha value is -3.34. The highest BCUT2D eigenvalue weighted by molar-refractivity contribution is 5.86. The first kappa shape index (κ1) is 17.1. The van der Waals surface area contributed by atoms with Gasteiger partial charge in [0.2, 0.25) is 0 Å². The second kappa shape index (κ2) is 7.11. The molecule has 0 radical (unpaired) electrons. The summed E-state index contributed by atoms with van der Waals surface area (Å²) in [6, 6.07) is 16.6. The van der Waals surface area contributed by atoms with Crippen molar-refractivity contribution in [2.75, 3.05) is 4.90 Å². The Morgan fingerprint density at radius 1 is 0.889 bits per heavy atom. The lowest BCUT2D eigenvalue weighted by Gasteiger charge is -2.26. The molecule has 0 aliphatic rings. The lowest BCUT2D eigenvalue weighted by Crippen LogP contribution is -2.17. The molecule has 0 aliphatic carbocycles. The van der Waals surface area contributed by atoms with Gasteiger partial charge in [0.15, 0.2) is 11.6 Å². The van der Waals surface area contributed by atoms with Gasteiger partial charge in [-0.05, 0) is 48.2 Å². The van der Waals surface area contributed by atoms with Crippen LogP contribution < -0.4 is 4.90 Å². The van der Waals surface area contributed by atoms with Crippen LogP contribution in [-0.4, -0.2) is 9.97 Å². The fraction of sp³-hybridized carbons (Fsp3) is 0.0909. The van der Waals surface area contributed by atoms with Gasteiger partial charge in [0.25, 0.3) is 0 Å². The summed E-state index contributed by atoms with van der Waals surface area (Å²) in [7, 11) is 0. The minimum absolute atomic E-state index is 0.187. The van der Waals surface area contributed by atoms with Gasteiger partial charge in [-0.3, -0.25) is 9.97 Å². The maximum atomic E-state index is 14.2. The molecule has 4 rings (SSSR count). The number of anilines is 2. The minimum atomic E-state index is -0.869. The Bertz CT molecular complexity index is 1100. The number of rotatable bonds is 4. The van der Waals surface area contributed by atoms with Gasteiger partial charge in [0, 0.05) is 41.0 Å². The molecule has 5 heteroatoms. The zero-order valence-electron chi connectivity index (χ0n) is 14.7. The molecule has 0 bridgehead atoms. The molecule has 0 N–H and O–H groups in total. The van der Waals surface area contributed by atoms with Crippen LogP contribution in [0.1, 0.15) is 11.3 Å². The Labute approximate surface area is 155 Å². The smallest absolute Gasteiger partial charge is 0.168 e. The summed E-state index contributed by atoms with van der Waals surface area (Å²) in [4.78, 5) is 10.5. The van der Waals surface area contributed by atoms with Gasteiger partial charge in [-0.2, -0.15) is 0 Å². The molecule has 134 valence electrons. The molecule has 2 heterocycles. The number of halogens is 2. The average molecular weight is 361 g/mol. The Balaban J connectivity index is 1.83. The summed E-state index contributed by atoms with van der Waals surface area (Å²) >= 11 is 0. The molecular weight excluding hydrogens is 344 g/mol. The summed E-state index contributed by atoms with van der Waals surface area (Å²) in [6.45, 7) is 2.40. The lowest BCUT2D eigenvalue weighted by molar-refractivity contribution is 0.517. The highest BCUT2D eigenvalue weighted by Gasteiger charge is 2.15. The molecule has 0 atom stereocenters. The average Bonchev–Trinajstić information content (AvgIpc) is 2.70. The number of fused-ring (bicyclic) bond motifs is 1. The monoisotopic (exact) mass is 361 g/mol. The number of pyridine rings is 2. The van der Waals surface area contributed by atoms with Crippen LogP contribution in [0.25, 0.3) is 10.8 Å². The van der Waals surface area contributed by atoms with Crippen LogP contribution in [0.4, 0.5) is 20.2 Å². The second-order valence-electron chi connectivity index (χ2n) is 6.33. The van der Waals surface area contributed by atoms with Crippen LogP contribution in [-0.2, 0) is 6.54 Å². The summed E-state index contributed by atoms with van der Waals surface area (Å²) in [6.07, 6.45) is 4.82. The third-order valence-electron chi connectivity index (χ3n) is 4.50. The van der Waals surface area contributed by atoms with Crippen LogP contribution in [0.15, 0.2) is 73.2 Å². The Morgan fingerprint density at radius 3 is 2.48 bits per heavy atom. The van der Waals surface area contributed by atoms with Gasteiger partial charge in [0.05, 0.1) is 6.54 Å². The van der Waals surface area contributed by atoms with E-state index in [1.807, 2.05) is 49.4 Å². The minimum Gasteiger partial charge on any atom is -0.337 e. The second-order valence-corrected chi connectivity index (χ2v) is 6.33. The molecule has 0 saturated carbocycles. The van der Waals surface area contributed by atoms with Crippen molar-refractivity contribution in [3.05, 3.63) is 96.1 Å². The van der Waals surface area contributed by atoms with E-state index in [9.17, 15) is 8.78 Å². The SMILES string of the molecule is Cc1cc(N(Cc2cncc3c(F)c(F)ccc23)c2ccccc2)ccn1. The molecule has 0 unspecified atom stereocenters. The van der Waals surface area contributed by atoms with Crippen molar-refractivity contribution in [3.8, 4) is 0 Å². The lowest BCUT2D eigenvalue weighted by atomic mass is 10.1. The first-order chi connectivity index (χ1) is 13.1. The van der Waals surface area contributed by atoms with Gasteiger partial charge in [-0.15, -0.1) is 0 Å². The van der Waals surface area contributed by atoms with Gasteiger partial charge >= 0.3 is 0 Å². The van der Waals surface area contributed by atoms with Gasteiger partial charge in [-0.25, -0.2) is 8.78 Å². The van der Waals surface area contributed by atoms with E-state index < -0.39 is 11.6 Å². The molecule has 2 aromatic heterocycles. The van der Waals surface area contributed by atoms with E-state index in [-0.39, 0.29) is 5.39 Å². The number of para-hydroxylation sites is 1. The fourth-order valence-electron chi connectivity index (χ4n) is 3.18. The summed E-state index contributed by atoms with van der Waals surface area (Å²) in [5.74, 6) is -1.74. The van der Waals surface area contributed by atoms with Gasteiger partial charge in [-0.1, -0.05) is 24.3 Å². The van der Waals surface area contributed by atoms with Crippen molar-refractivity contribution in [3.63, 3.8) is 0 Å². The van der Waals surface area contributed by atoms with Crippen LogP contribution in [0.2, 0.25) is 0 Å². The third-order valence-corrected chi connectivity index (χ3v) is 4.50. The third kappa shape index (κ3) is 3.36. The predicted molar refractivity (Wildman–Crippen MR) is 103 cm³/mol. The Kier molecular flexibility index (Phi) is 4.50. The maximum Gasteiger partial charge on any atom is 0.168 e. The van der Waals surface area contributed by atoms with Gasteiger partial charge < -0.3 is 4.90 Å².